The van der Waals surface area contributed by atoms with Crippen LogP contribution in [-0.4, -0.2) is 0 Å². The summed E-state index contributed by atoms with van der Waals surface area (Å²) in [5, 5.41) is 3.17. The molecule has 0 saturated carbocycles. The lowest BCUT2D eigenvalue weighted by atomic mass is 10.2. The molecule has 5 N–H and O–H groups in total. The third-order valence-electron chi connectivity index (χ3n) is 2.85. The zero-order valence-electron chi connectivity index (χ0n) is 11.7. The van der Waals surface area contributed by atoms with E-state index >= 15 is 0 Å². The van der Waals surface area contributed by atoms with Crippen LogP contribution in [-0.2, 0) is 0 Å². The first-order chi connectivity index (χ1) is 9.60. The maximum atomic E-state index is 5.89. The Kier molecular flexibility index (Phi) is 4.15. The molecule has 0 aliphatic rings. The Bertz CT molecular complexity index is 636. The van der Waals surface area contributed by atoms with Crippen LogP contribution in [0.25, 0.3) is 0 Å². The number of nitrogens with one attached hydrogen (secondary N) is 1. The Morgan fingerprint density at radius 2 is 1.80 bits per heavy atom. The number of allylic oxidation sites excluding steroid dienone is 1. The molecular weight excluding hydrogens is 250 g/mol. The van der Waals surface area contributed by atoms with E-state index in [0.717, 1.165) is 17.0 Å². The number of benzene rings is 2. The van der Waals surface area contributed by atoms with Crippen LogP contribution in [0.5, 0.6) is 11.5 Å². The predicted octanol–water partition coefficient (Wildman–Crippen LogP) is 3.90. The number of hydrogen-bond acceptors (Lipinski definition) is 4. The van der Waals surface area contributed by atoms with Gasteiger partial charge in [-0.15, -0.1) is 0 Å². The summed E-state index contributed by atoms with van der Waals surface area (Å²) in [5.74, 6) is 1.38. The van der Waals surface area contributed by atoms with Crippen molar-refractivity contribution in [1.29, 1.82) is 0 Å². The first-order valence-electron chi connectivity index (χ1n) is 6.41. The van der Waals surface area contributed by atoms with E-state index < -0.39 is 0 Å². The maximum absolute atomic E-state index is 5.89. The molecule has 0 saturated heterocycles. The van der Waals surface area contributed by atoms with E-state index in [9.17, 15) is 0 Å². The fourth-order valence-corrected chi connectivity index (χ4v) is 1.81. The second-order valence-electron chi connectivity index (χ2n) is 4.52. The zero-order valence-corrected chi connectivity index (χ0v) is 11.7. The predicted molar refractivity (Wildman–Crippen MR) is 85.0 cm³/mol. The summed E-state index contributed by atoms with van der Waals surface area (Å²) in [6.07, 6.45) is 3.82. The minimum atomic E-state index is 0.528. The monoisotopic (exact) mass is 269 g/mol. The van der Waals surface area contributed by atoms with Crippen LogP contribution in [0, 0.1) is 6.92 Å². The van der Waals surface area contributed by atoms with Crippen LogP contribution in [0.15, 0.2) is 48.7 Å². The summed E-state index contributed by atoms with van der Waals surface area (Å²) >= 11 is 0. The molecule has 0 aliphatic heterocycles. The number of aryl methyl sites for hydroxylation is 1. The second-order valence-corrected chi connectivity index (χ2v) is 4.52. The Hall–Kier alpha value is -2.62. The number of nitrogens with two attached hydrogens (primary N) is 2. The molecule has 0 amide bonds. The molecule has 0 aliphatic carbocycles. The van der Waals surface area contributed by atoms with Crippen molar-refractivity contribution in [3.8, 4) is 11.5 Å². The van der Waals surface area contributed by atoms with Gasteiger partial charge in [-0.25, -0.2) is 0 Å². The Morgan fingerprint density at radius 3 is 2.45 bits per heavy atom. The van der Waals surface area contributed by atoms with Crippen molar-refractivity contribution in [1.82, 2.24) is 0 Å². The average Bonchev–Trinajstić information content (AvgIpc) is 2.42. The molecule has 0 spiro atoms. The highest BCUT2D eigenvalue weighted by Gasteiger charge is 2.05. The molecule has 2 aromatic carbocycles. The van der Waals surface area contributed by atoms with Gasteiger partial charge in [0.25, 0.3) is 0 Å². The fourth-order valence-electron chi connectivity index (χ4n) is 1.81. The normalized spacial score (nSPS) is 10.7. The van der Waals surface area contributed by atoms with Gasteiger partial charge >= 0.3 is 0 Å². The van der Waals surface area contributed by atoms with Gasteiger partial charge in [0.2, 0.25) is 0 Å². The van der Waals surface area contributed by atoms with E-state index in [1.165, 1.54) is 0 Å². The molecule has 0 bridgehead atoms. The van der Waals surface area contributed by atoms with E-state index in [1.54, 1.807) is 18.2 Å². The standard InChI is InChI=1S/C16H19N3O/c1-3-8-19-13-5-7-15(11(2)9-13)20-16-6-4-12(17)10-14(16)18/h3-10,19H,17-18H2,1-2H3/b8-3-. The van der Waals surface area contributed by atoms with Crippen LogP contribution < -0.4 is 21.5 Å². The number of hydrogen-bond donors (Lipinski definition) is 3. The summed E-state index contributed by atoms with van der Waals surface area (Å²) in [7, 11) is 0. The number of nitrogen functional groups attached to an aromatic ring is 2. The van der Waals surface area contributed by atoms with Gasteiger partial charge in [-0.05, 0) is 62.0 Å². The zero-order chi connectivity index (χ0) is 14.5. The van der Waals surface area contributed by atoms with E-state index in [2.05, 4.69) is 5.32 Å². The molecule has 20 heavy (non-hydrogen) atoms. The minimum Gasteiger partial charge on any atom is -0.455 e. The molecule has 0 aromatic heterocycles. The average molecular weight is 269 g/mol. The first-order valence-corrected chi connectivity index (χ1v) is 6.41. The van der Waals surface area contributed by atoms with Gasteiger partial charge in [-0.3, -0.25) is 0 Å². The van der Waals surface area contributed by atoms with Gasteiger partial charge in [0, 0.05) is 11.4 Å². The topological polar surface area (TPSA) is 73.3 Å². The number of anilines is 3. The lowest BCUT2D eigenvalue weighted by Crippen LogP contribution is -1.96. The minimum absolute atomic E-state index is 0.528. The summed E-state index contributed by atoms with van der Waals surface area (Å²) < 4.78 is 5.83. The van der Waals surface area contributed by atoms with Crippen LogP contribution in [0.3, 0.4) is 0 Å². The van der Waals surface area contributed by atoms with Gasteiger partial charge in [0.15, 0.2) is 0 Å². The molecule has 0 atom stereocenters. The van der Waals surface area contributed by atoms with Crippen molar-refractivity contribution in [3.63, 3.8) is 0 Å². The largest absolute Gasteiger partial charge is 0.455 e. The summed E-state index contributed by atoms with van der Waals surface area (Å²) in [6.45, 7) is 3.95. The Balaban J connectivity index is 2.21. The molecule has 104 valence electrons. The molecule has 0 heterocycles. The highest BCUT2D eigenvalue weighted by atomic mass is 16.5. The summed E-state index contributed by atoms with van der Waals surface area (Å²) in [4.78, 5) is 0. The summed E-state index contributed by atoms with van der Waals surface area (Å²) in [5.41, 5.74) is 14.7. The van der Waals surface area contributed by atoms with Crippen molar-refractivity contribution in [2.75, 3.05) is 16.8 Å². The third kappa shape index (κ3) is 3.23. The third-order valence-corrected chi connectivity index (χ3v) is 2.85. The quantitative estimate of drug-likeness (QED) is 0.736. The lowest BCUT2D eigenvalue weighted by molar-refractivity contribution is 0.481. The van der Waals surface area contributed by atoms with Gasteiger partial charge in [-0.2, -0.15) is 0 Å². The van der Waals surface area contributed by atoms with E-state index in [-0.39, 0.29) is 0 Å². The van der Waals surface area contributed by atoms with Crippen molar-refractivity contribution in [2.24, 2.45) is 0 Å². The van der Waals surface area contributed by atoms with Crippen molar-refractivity contribution in [2.45, 2.75) is 13.8 Å². The Labute approximate surface area is 119 Å². The van der Waals surface area contributed by atoms with E-state index in [4.69, 9.17) is 16.2 Å². The Morgan fingerprint density at radius 1 is 1.05 bits per heavy atom. The van der Waals surface area contributed by atoms with E-state index in [1.807, 2.05) is 44.3 Å². The van der Waals surface area contributed by atoms with Crippen LogP contribution in [0.2, 0.25) is 0 Å². The maximum Gasteiger partial charge on any atom is 0.150 e. The van der Waals surface area contributed by atoms with Crippen LogP contribution >= 0.6 is 0 Å². The fraction of sp³-hybridized carbons (Fsp3) is 0.125. The molecule has 0 radical (unpaired) electrons. The highest BCUT2D eigenvalue weighted by molar-refractivity contribution is 5.62. The number of rotatable bonds is 4. The molecule has 0 unspecified atom stereocenters. The molecular formula is C16H19N3O. The van der Waals surface area contributed by atoms with E-state index in [0.29, 0.717) is 17.1 Å². The van der Waals surface area contributed by atoms with Crippen molar-refractivity contribution >= 4 is 17.1 Å². The van der Waals surface area contributed by atoms with Gasteiger partial charge in [0.05, 0.1) is 5.69 Å². The molecule has 4 heteroatoms. The molecule has 0 fully saturated rings. The number of ether oxygens (including phenoxy) is 1. The molecule has 2 aromatic rings. The van der Waals surface area contributed by atoms with Crippen LogP contribution in [0.1, 0.15) is 12.5 Å². The van der Waals surface area contributed by atoms with Crippen molar-refractivity contribution < 1.29 is 4.74 Å². The SMILES string of the molecule is C/C=C\Nc1ccc(Oc2ccc(N)cc2N)c(C)c1. The second kappa shape index (κ2) is 6.02. The van der Waals surface area contributed by atoms with Gasteiger partial charge < -0.3 is 21.5 Å². The van der Waals surface area contributed by atoms with Gasteiger partial charge in [-0.1, -0.05) is 6.08 Å². The lowest BCUT2D eigenvalue weighted by Gasteiger charge is -2.12. The van der Waals surface area contributed by atoms with Gasteiger partial charge in [0.1, 0.15) is 11.5 Å². The van der Waals surface area contributed by atoms with Crippen LogP contribution in [0.4, 0.5) is 17.1 Å². The van der Waals surface area contributed by atoms with Crippen molar-refractivity contribution in [3.05, 3.63) is 54.2 Å². The highest BCUT2D eigenvalue weighted by Crippen LogP contribution is 2.31. The smallest absolute Gasteiger partial charge is 0.150 e. The molecule has 4 nitrogen and oxygen atoms in total. The summed E-state index contributed by atoms with van der Waals surface area (Å²) in [6, 6.07) is 11.1. The first kappa shape index (κ1) is 13.8. The molecule has 2 rings (SSSR count).